The quantitative estimate of drug-likeness (QED) is 0.645. The predicted molar refractivity (Wildman–Crippen MR) is 69.5 cm³/mol. The van der Waals surface area contributed by atoms with Gasteiger partial charge in [-0.1, -0.05) is 12.1 Å². The van der Waals surface area contributed by atoms with E-state index in [-0.39, 0.29) is 17.3 Å². The molecule has 0 spiro atoms. The van der Waals surface area contributed by atoms with E-state index in [0.29, 0.717) is 6.54 Å². The van der Waals surface area contributed by atoms with Crippen LogP contribution in [0.25, 0.3) is 0 Å². The Labute approximate surface area is 113 Å². The fraction of sp³-hybridized carbons (Fsp3) is 0.167. The molecule has 0 unspecified atom stereocenters. The van der Waals surface area contributed by atoms with Gasteiger partial charge >= 0.3 is 0 Å². The third-order valence-corrected chi connectivity index (χ3v) is 2.73. The van der Waals surface area contributed by atoms with Crippen LogP contribution in [0.1, 0.15) is 16.1 Å². The summed E-state index contributed by atoms with van der Waals surface area (Å²) in [5.41, 5.74) is 6.22. The van der Waals surface area contributed by atoms with Crippen LogP contribution in [-0.2, 0) is 6.54 Å². The lowest BCUT2D eigenvalue weighted by Crippen LogP contribution is -2.18. The van der Waals surface area contributed by atoms with Crippen LogP contribution in [0.5, 0.6) is 5.88 Å². The molecule has 0 bridgehead atoms. The topological polar surface area (TPSA) is 113 Å². The summed E-state index contributed by atoms with van der Waals surface area (Å²) in [5, 5.41) is 10.6. The summed E-state index contributed by atoms with van der Waals surface area (Å²) in [6.45, 7) is 0.312. The highest BCUT2D eigenvalue weighted by Gasteiger charge is 2.17. The van der Waals surface area contributed by atoms with Crippen LogP contribution in [0.2, 0.25) is 0 Å². The monoisotopic (exact) mass is 276 g/mol. The lowest BCUT2D eigenvalue weighted by atomic mass is 10.2. The number of aromatic nitrogens is 2. The minimum atomic E-state index is -0.652. The standard InChI is InChI=1S/C12H12N4O4/c1-20-12-10(11(13)17)15(7-14-12)6-8-2-4-9(5-3-8)16(18)19/h2-5,7H,6H2,1H3,(H2,13,17). The van der Waals surface area contributed by atoms with Crippen molar-refractivity contribution in [3.05, 3.63) is 52.0 Å². The van der Waals surface area contributed by atoms with Crippen molar-refractivity contribution in [3.63, 3.8) is 0 Å². The van der Waals surface area contributed by atoms with Crippen molar-refractivity contribution < 1.29 is 14.5 Å². The summed E-state index contributed by atoms with van der Waals surface area (Å²) in [4.78, 5) is 25.4. The number of hydrogen-bond donors (Lipinski definition) is 1. The van der Waals surface area contributed by atoms with Gasteiger partial charge in [-0.25, -0.2) is 4.98 Å². The van der Waals surface area contributed by atoms with E-state index in [1.54, 1.807) is 12.1 Å². The van der Waals surface area contributed by atoms with E-state index in [0.717, 1.165) is 5.56 Å². The molecule has 2 aromatic rings. The summed E-state index contributed by atoms with van der Waals surface area (Å²) in [7, 11) is 1.39. The second kappa shape index (κ2) is 5.39. The Morgan fingerprint density at radius 1 is 1.45 bits per heavy atom. The number of benzene rings is 1. The van der Waals surface area contributed by atoms with E-state index in [4.69, 9.17) is 10.5 Å². The Hall–Kier alpha value is -2.90. The molecule has 2 rings (SSSR count). The molecule has 0 fully saturated rings. The van der Waals surface area contributed by atoms with E-state index >= 15 is 0 Å². The normalized spacial score (nSPS) is 10.2. The molecule has 1 amide bonds. The first-order chi connectivity index (χ1) is 9.52. The molecule has 1 aromatic carbocycles. The van der Waals surface area contributed by atoms with Gasteiger partial charge < -0.3 is 15.0 Å². The van der Waals surface area contributed by atoms with Gasteiger partial charge in [-0.05, 0) is 5.56 Å². The molecule has 2 N–H and O–H groups in total. The number of nitro benzene ring substituents is 1. The maximum Gasteiger partial charge on any atom is 0.271 e. The fourth-order valence-corrected chi connectivity index (χ4v) is 1.80. The molecule has 20 heavy (non-hydrogen) atoms. The van der Waals surface area contributed by atoms with E-state index < -0.39 is 10.8 Å². The molecular weight excluding hydrogens is 264 g/mol. The average Bonchev–Trinajstić information content (AvgIpc) is 2.82. The molecule has 0 aliphatic rings. The van der Waals surface area contributed by atoms with Gasteiger partial charge in [-0.15, -0.1) is 0 Å². The molecule has 1 aromatic heterocycles. The number of nitrogens with zero attached hydrogens (tertiary/aromatic N) is 3. The number of carbonyl (C=O) groups is 1. The maximum atomic E-state index is 11.4. The number of rotatable bonds is 5. The van der Waals surface area contributed by atoms with Crippen molar-refractivity contribution in [1.29, 1.82) is 0 Å². The zero-order valence-corrected chi connectivity index (χ0v) is 10.6. The molecular formula is C12H12N4O4. The average molecular weight is 276 g/mol. The highest BCUT2D eigenvalue weighted by Crippen LogP contribution is 2.18. The first kappa shape index (κ1) is 13.5. The molecule has 8 nitrogen and oxygen atoms in total. The van der Waals surface area contributed by atoms with E-state index in [2.05, 4.69) is 4.98 Å². The minimum Gasteiger partial charge on any atom is -0.479 e. The first-order valence-corrected chi connectivity index (χ1v) is 5.65. The number of amides is 1. The number of ether oxygens (including phenoxy) is 1. The van der Waals surface area contributed by atoms with E-state index in [9.17, 15) is 14.9 Å². The highest BCUT2D eigenvalue weighted by atomic mass is 16.6. The maximum absolute atomic E-state index is 11.4. The Morgan fingerprint density at radius 2 is 2.10 bits per heavy atom. The number of nitrogens with two attached hydrogens (primary N) is 1. The molecule has 8 heteroatoms. The second-order valence-corrected chi connectivity index (χ2v) is 4.02. The molecule has 0 saturated heterocycles. The first-order valence-electron chi connectivity index (χ1n) is 5.65. The van der Waals surface area contributed by atoms with Gasteiger partial charge in [-0.3, -0.25) is 14.9 Å². The van der Waals surface area contributed by atoms with Gasteiger partial charge in [0.1, 0.15) is 0 Å². The van der Waals surface area contributed by atoms with Crippen LogP contribution in [0.3, 0.4) is 0 Å². The van der Waals surface area contributed by atoms with Crippen molar-refractivity contribution in [3.8, 4) is 5.88 Å². The number of non-ortho nitro benzene ring substituents is 1. The number of nitro groups is 1. The molecule has 104 valence electrons. The fourth-order valence-electron chi connectivity index (χ4n) is 1.80. The van der Waals surface area contributed by atoms with Crippen molar-refractivity contribution in [2.45, 2.75) is 6.54 Å². The molecule has 0 aliphatic heterocycles. The number of carbonyl (C=O) groups excluding carboxylic acids is 1. The van der Waals surface area contributed by atoms with Gasteiger partial charge in [0.2, 0.25) is 5.88 Å². The molecule has 0 aliphatic carbocycles. The largest absolute Gasteiger partial charge is 0.479 e. The number of methoxy groups -OCH3 is 1. The SMILES string of the molecule is COc1ncn(Cc2ccc([N+](=O)[O-])cc2)c1C(N)=O. The molecule has 0 saturated carbocycles. The van der Waals surface area contributed by atoms with E-state index in [1.165, 1.54) is 30.1 Å². The van der Waals surface area contributed by atoms with Crippen molar-refractivity contribution in [1.82, 2.24) is 9.55 Å². The molecule has 0 radical (unpaired) electrons. The van der Waals surface area contributed by atoms with Gasteiger partial charge in [-0.2, -0.15) is 0 Å². The summed E-state index contributed by atoms with van der Waals surface area (Å²) in [6, 6.07) is 6.01. The predicted octanol–water partition coefficient (Wildman–Crippen LogP) is 0.947. The summed E-state index contributed by atoms with van der Waals surface area (Å²) >= 11 is 0. The highest BCUT2D eigenvalue weighted by molar-refractivity contribution is 5.93. The van der Waals surface area contributed by atoms with Crippen molar-refractivity contribution in [2.75, 3.05) is 7.11 Å². The zero-order chi connectivity index (χ0) is 14.7. The lowest BCUT2D eigenvalue weighted by Gasteiger charge is -2.06. The Bertz CT molecular complexity index is 648. The Morgan fingerprint density at radius 3 is 2.60 bits per heavy atom. The van der Waals surface area contributed by atoms with Crippen LogP contribution in [-0.4, -0.2) is 27.5 Å². The Balaban J connectivity index is 2.28. The second-order valence-electron chi connectivity index (χ2n) is 4.02. The third-order valence-electron chi connectivity index (χ3n) is 2.73. The molecule has 1 heterocycles. The van der Waals surface area contributed by atoms with Crippen molar-refractivity contribution in [2.24, 2.45) is 5.73 Å². The number of imidazole rings is 1. The number of hydrogen-bond acceptors (Lipinski definition) is 5. The van der Waals surface area contributed by atoms with E-state index in [1.807, 2.05) is 0 Å². The summed E-state index contributed by atoms with van der Waals surface area (Å²) < 4.78 is 6.48. The third kappa shape index (κ3) is 2.58. The Kier molecular flexibility index (Phi) is 3.65. The van der Waals surface area contributed by atoms with Crippen LogP contribution >= 0.6 is 0 Å². The van der Waals surface area contributed by atoms with Crippen LogP contribution in [0.15, 0.2) is 30.6 Å². The zero-order valence-electron chi connectivity index (χ0n) is 10.6. The summed E-state index contributed by atoms with van der Waals surface area (Å²) in [6.07, 6.45) is 1.43. The van der Waals surface area contributed by atoms with Crippen LogP contribution in [0.4, 0.5) is 5.69 Å². The smallest absolute Gasteiger partial charge is 0.271 e. The number of primary amides is 1. The van der Waals surface area contributed by atoms with Crippen LogP contribution < -0.4 is 10.5 Å². The minimum absolute atomic E-state index is 0.00656. The van der Waals surface area contributed by atoms with Gasteiger partial charge in [0.25, 0.3) is 11.6 Å². The van der Waals surface area contributed by atoms with Crippen molar-refractivity contribution >= 4 is 11.6 Å². The van der Waals surface area contributed by atoms with Crippen LogP contribution in [0, 0.1) is 10.1 Å². The van der Waals surface area contributed by atoms with Gasteiger partial charge in [0.15, 0.2) is 5.69 Å². The van der Waals surface area contributed by atoms with Gasteiger partial charge in [0, 0.05) is 18.7 Å². The molecule has 0 atom stereocenters. The summed E-state index contributed by atoms with van der Waals surface area (Å²) in [5.74, 6) is -0.499. The lowest BCUT2D eigenvalue weighted by molar-refractivity contribution is -0.384. The van der Waals surface area contributed by atoms with Gasteiger partial charge in [0.05, 0.1) is 18.4 Å².